The van der Waals surface area contributed by atoms with E-state index < -0.39 is 5.56 Å². The van der Waals surface area contributed by atoms with Gasteiger partial charge in [-0.1, -0.05) is 35.9 Å². The molecule has 0 radical (unpaired) electrons. The third-order valence-electron chi connectivity index (χ3n) is 5.05. The van der Waals surface area contributed by atoms with Gasteiger partial charge in [0.25, 0.3) is 5.56 Å². The fraction of sp³-hybridized carbons (Fsp3) is 0.0833. The van der Waals surface area contributed by atoms with Gasteiger partial charge in [0.05, 0.1) is 27.7 Å². The molecule has 3 aromatic carbocycles. The lowest BCUT2D eigenvalue weighted by Gasteiger charge is -2.14. The first-order valence-electron chi connectivity index (χ1n) is 9.26. The van der Waals surface area contributed by atoms with Crippen LogP contribution >= 0.6 is 11.6 Å². The summed E-state index contributed by atoms with van der Waals surface area (Å²) in [4.78, 5) is 17.5. The Bertz CT molecular complexity index is 1370. The number of aromatic hydroxyl groups is 1. The van der Waals surface area contributed by atoms with Crippen molar-refractivity contribution in [2.45, 2.75) is 0 Å². The summed E-state index contributed by atoms with van der Waals surface area (Å²) in [6, 6.07) is 19.9. The van der Waals surface area contributed by atoms with Gasteiger partial charge in [-0.05, 0) is 47.5 Å². The van der Waals surface area contributed by atoms with Crippen LogP contribution in [0.1, 0.15) is 5.56 Å². The fourth-order valence-corrected chi connectivity index (χ4v) is 3.74. The summed E-state index contributed by atoms with van der Waals surface area (Å²) in [5, 5.41) is 21.1. The van der Waals surface area contributed by atoms with Crippen LogP contribution in [0.4, 0.5) is 5.69 Å². The first-order valence-corrected chi connectivity index (χ1v) is 9.63. The van der Waals surface area contributed by atoms with E-state index in [-0.39, 0.29) is 11.3 Å². The molecule has 0 aliphatic carbocycles. The van der Waals surface area contributed by atoms with Gasteiger partial charge in [-0.3, -0.25) is 4.79 Å². The second-order valence-electron chi connectivity index (χ2n) is 7.19. The number of nitrogens with zero attached hydrogens (tertiary/aromatic N) is 2. The van der Waals surface area contributed by atoms with Crippen molar-refractivity contribution < 1.29 is 5.11 Å². The van der Waals surface area contributed by atoms with Crippen molar-refractivity contribution in [3.05, 3.63) is 81.6 Å². The Morgan fingerprint density at radius 2 is 1.77 bits per heavy atom. The molecule has 0 spiro atoms. The molecule has 4 rings (SSSR count). The van der Waals surface area contributed by atoms with Crippen LogP contribution in [0.15, 0.2) is 65.5 Å². The number of nitriles is 1. The Morgan fingerprint density at radius 1 is 1.03 bits per heavy atom. The molecule has 5 nitrogen and oxygen atoms in total. The molecule has 1 heterocycles. The molecule has 0 saturated carbocycles. The first-order chi connectivity index (χ1) is 14.4. The predicted octanol–water partition coefficient (Wildman–Crippen LogP) is 5.16. The zero-order chi connectivity index (χ0) is 21.4. The Hall–Kier alpha value is -3.75. The summed E-state index contributed by atoms with van der Waals surface area (Å²) in [6.07, 6.45) is 0. The monoisotopic (exact) mass is 415 g/mol. The molecule has 1 aromatic heterocycles. The number of anilines is 1. The largest absolute Gasteiger partial charge is 0.506 e. The highest BCUT2D eigenvalue weighted by molar-refractivity contribution is 6.34. The molecule has 2 N–H and O–H groups in total. The molecule has 0 saturated heterocycles. The molecular formula is C24H18ClN3O2. The lowest BCUT2D eigenvalue weighted by molar-refractivity contribution is 0.482. The minimum atomic E-state index is -0.450. The molecule has 0 bridgehead atoms. The van der Waals surface area contributed by atoms with E-state index in [0.717, 1.165) is 16.8 Å². The van der Waals surface area contributed by atoms with Crippen molar-refractivity contribution in [1.29, 1.82) is 5.26 Å². The Kier molecular flexibility index (Phi) is 4.94. The number of fused-ring (bicyclic) bond motifs is 1. The van der Waals surface area contributed by atoms with Gasteiger partial charge in [0, 0.05) is 30.7 Å². The van der Waals surface area contributed by atoms with E-state index >= 15 is 0 Å². The lowest BCUT2D eigenvalue weighted by Crippen LogP contribution is -2.09. The van der Waals surface area contributed by atoms with Gasteiger partial charge < -0.3 is 15.0 Å². The van der Waals surface area contributed by atoms with Crippen molar-refractivity contribution in [1.82, 2.24) is 4.98 Å². The second-order valence-corrected chi connectivity index (χ2v) is 7.60. The minimum absolute atomic E-state index is 0.121. The van der Waals surface area contributed by atoms with Gasteiger partial charge >= 0.3 is 0 Å². The van der Waals surface area contributed by atoms with E-state index in [1.165, 1.54) is 0 Å². The predicted molar refractivity (Wildman–Crippen MR) is 121 cm³/mol. The molecule has 4 aromatic rings. The molecule has 0 aliphatic rings. The Morgan fingerprint density at radius 3 is 2.43 bits per heavy atom. The quantitative estimate of drug-likeness (QED) is 0.484. The number of benzene rings is 3. The highest BCUT2D eigenvalue weighted by Crippen LogP contribution is 2.38. The molecule has 30 heavy (non-hydrogen) atoms. The van der Waals surface area contributed by atoms with Crippen LogP contribution in [-0.2, 0) is 0 Å². The number of rotatable bonds is 3. The summed E-state index contributed by atoms with van der Waals surface area (Å²) >= 11 is 6.49. The van der Waals surface area contributed by atoms with Gasteiger partial charge in [0.2, 0.25) is 0 Å². The van der Waals surface area contributed by atoms with E-state index in [1.807, 2.05) is 49.3 Å². The number of aromatic nitrogens is 1. The van der Waals surface area contributed by atoms with Crippen LogP contribution < -0.4 is 10.5 Å². The summed E-state index contributed by atoms with van der Waals surface area (Å²) in [7, 11) is 3.93. The van der Waals surface area contributed by atoms with Crippen LogP contribution in [0.2, 0.25) is 5.02 Å². The third kappa shape index (κ3) is 3.38. The molecule has 0 fully saturated rings. The van der Waals surface area contributed by atoms with E-state index in [2.05, 4.69) is 4.98 Å². The molecule has 0 amide bonds. The fourth-order valence-electron chi connectivity index (χ4n) is 3.47. The maximum atomic E-state index is 12.7. The van der Waals surface area contributed by atoms with Crippen LogP contribution in [0.5, 0.6) is 5.75 Å². The molecule has 0 aliphatic heterocycles. The summed E-state index contributed by atoms with van der Waals surface area (Å²) < 4.78 is 0. The number of hydrogen-bond acceptors (Lipinski definition) is 4. The number of H-pyrrole nitrogens is 1. The van der Waals surface area contributed by atoms with Crippen LogP contribution in [0.3, 0.4) is 0 Å². The SMILES string of the molecule is CN(C)c1ccc(-c2cc3c(O)c(-c4cccc(C#N)c4)c(=O)[nH]c3cc2Cl)cc1. The van der Waals surface area contributed by atoms with Crippen molar-refractivity contribution in [2.75, 3.05) is 19.0 Å². The minimum Gasteiger partial charge on any atom is -0.506 e. The van der Waals surface area contributed by atoms with E-state index in [0.29, 0.717) is 27.1 Å². The van der Waals surface area contributed by atoms with Gasteiger partial charge in [-0.2, -0.15) is 5.26 Å². The van der Waals surface area contributed by atoms with Crippen molar-refractivity contribution in [3.8, 4) is 34.1 Å². The van der Waals surface area contributed by atoms with E-state index in [9.17, 15) is 9.90 Å². The maximum absolute atomic E-state index is 12.7. The molecule has 148 valence electrons. The number of nitrogens with one attached hydrogen (secondary N) is 1. The van der Waals surface area contributed by atoms with Crippen LogP contribution in [0.25, 0.3) is 33.2 Å². The number of halogens is 1. The summed E-state index contributed by atoms with van der Waals surface area (Å²) in [5.74, 6) is -0.147. The average Bonchev–Trinajstić information content (AvgIpc) is 2.73. The molecular weight excluding hydrogens is 398 g/mol. The molecule has 0 atom stereocenters. The number of aromatic amines is 1. The highest BCUT2D eigenvalue weighted by Gasteiger charge is 2.17. The highest BCUT2D eigenvalue weighted by atomic mass is 35.5. The zero-order valence-electron chi connectivity index (χ0n) is 16.4. The van der Waals surface area contributed by atoms with Crippen LogP contribution in [0, 0.1) is 11.3 Å². The lowest BCUT2D eigenvalue weighted by atomic mass is 9.98. The number of pyridine rings is 1. The molecule has 0 unspecified atom stereocenters. The van der Waals surface area contributed by atoms with Gasteiger partial charge in [0.15, 0.2) is 0 Å². The topological polar surface area (TPSA) is 80.1 Å². The van der Waals surface area contributed by atoms with Crippen molar-refractivity contribution >= 4 is 28.2 Å². The second kappa shape index (κ2) is 7.58. The Labute approximate surface area is 178 Å². The molecule has 6 heteroatoms. The zero-order valence-corrected chi connectivity index (χ0v) is 17.2. The average molecular weight is 416 g/mol. The normalized spacial score (nSPS) is 10.7. The van der Waals surface area contributed by atoms with Crippen LogP contribution in [-0.4, -0.2) is 24.2 Å². The smallest absolute Gasteiger partial charge is 0.260 e. The summed E-state index contributed by atoms with van der Waals surface area (Å²) in [6.45, 7) is 0. The van der Waals surface area contributed by atoms with E-state index in [4.69, 9.17) is 16.9 Å². The van der Waals surface area contributed by atoms with Crippen molar-refractivity contribution in [3.63, 3.8) is 0 Å². The van der Waals surface area contributed by atoms with Crippen molar-refractivity contribution in [2.24, 2.45) is 0 Å². The third-order valence-corrected chi connectivity index (χ3v) is 5.36. The standard InChI is InChI=1S/C24H18ClN3O2/c1-28(2)17-8-6-15(7-9-17)18-11-19-21(12-20(18)25)27-24(30)22(23(19)29)16-5-3-4-14(10-16)13-26/h3-12H,1-2H3,(H2,27,29,30). The Balaban J connectivity index is 1.93. The number of hydrogen-bond donors (Lipinski definition) is 2. The van der Waals surface area contributed by atoms with Gasteiger partial charge in [0.1, 0.15) is 5.75 Å². The van der Waals surface area contributed by atoms with E-state index in [1.54, 1.807) is 36.4 Å². The van der Waals surface area contributed by atoms with Gasteiger partial charge in [-0.15, -0.1) is 0 Å². The van der Waals surface area contributed by atoms with Gasteiger partial charge in [-0.25, -0.2) is 0 Å². The maximum Gasteiger partial charge on any atom is 0.260 e. The first kappa shape index (κ1) is 19.6. The summed E-state index contributed by atoms with van der Waals surface area (Å²) in [5.41, 5.74) is 3.69.